The quantitative estimate of drug-likeness (QED) is 0.325. The zero-order chi connectivity index (χ0) is 20.1. The van der Waals surface area contributed by atoms with Crippen LogP contribution in [0.2, 0.25) is 5.02 Å². The summed E-state index contributed by atoms with van der Waals surface area (Å²) in [5.74, 6) is 0.120. The highest BCUT2D eigenvalue weighted by molar-refractivity contribution is 7.99. The van der Waals surface area contributed by atoms with Crippen LogP contribution in [0.4, 0.5) is 5.69 Å². The first-order valence-corrected chi connectivity index (χ1v) is 11.0. The van der Waals surface area contributed by atoms with Crippen LogP contribution >= 0.6 is 48.2 Å². The number of ether oxygens (including phenoxy) is 2. The van der Waals surface area contributed by atoms with Crippen molar-refractivity contribution >= 4 is 53.9 Å². The third-order valence-corrected chi connectivity index (χ3v) is 6.42. The molecule has 2 N–H and O–H groups in total. The molecule has 9 heteroatoms. The molecule has 0 aliphatic carbocycles. The number of para-hydroxylation sites is 1. The van der Waals surface area contributed by atoms with E-state index in [9.17, 15) is 0 Å². The van der Waals surface area contributed by atoms with Crippen molar-refractivity contribution in [3.8, 4) is 0 Å². The molecule has 1 aliphatic rings. The van der Waals surface area contributed by atoms with E-state index in [2.05, 4.69) is 4.98 Å². The Hall–Kier alpha value is -1.41. The van der Waals surface area contributed by atoms with Gasteiger partial charge in [-0.25, -0.2) is 4.98 Å². The van der Waals surface area contributed by atoms with Crippen LogP contribution in [0, 0.1) is 0 Å². The molecular weight excluding hydrogens is 477 g/mol. The fraction of sp³-hybridized carbons (Fsp3) is 0.318. The predicted octanol–water partition coefficient (Wildman–Crippen LogP) is 5.50. The summed E-state index contributed by atoms with van der Waals surface area (Å²) >= 11 is 7.71. The Bertz CT molecular complexity index is 928. The number of hydrogen-bond donors (Lipinski definition) is 1. The summed E-state index contributed by atoms with van der Waals surface area (Å²) in [6.45, 7) is 1.17. The van der Waals surface area contributed by atoms with Gasteiger partial charge in [0, 0.05) is 40.2 Å². The van der Waals surface area contributed by atoms with Crippen LogP contribution in [0.1, 0.15) is 12.0 Å². The molecule has 1 aromatic heterocycles. The number of benzene rings is 2. The maximum Gasteiger partial charge on any atom is 0.187 e. The normalized spacial score (nSPS) is 20.1. The zero-order valence-corrected chi connectivity index (χ0v) is 20.1. The number of anilines is 1. The van der Waals surface area contributed by atoms with Gasteiger partial charge >= 0.3 is 0 Å². The van der Waals surface area contributed by atoms with E-state index in [0.717, 1.165) is 34.2 Å². The number of aryl methyl sites for hydroxylation is 1. The molecule has 31 heavy (non-hydrogen) atoms. The summed E-state index contributed by atoms with van der Waals surface area (Å²) in [5, 5.41) is 0.743. The minimum absolute atomic E-state index is 0. The second-order valence-corrected chi connectivity index (χ2v) is 8.67. The van der Waals surface area contributed by atoms with Crippen LogP contribution in [0.25, 0.3) is 0 Å². The largest absolute Gasteiger partial charge is 0.398 e. The minimum atomic E-state index is -0.673. The highest BCUT2D eigenvalue weighted by Crippen LogP contribution is 2.34. The molecular formula is C22H26Cl3N3O2S. The molecule has 0 spiro atoms. The highest BCUT2D eigenvalue weighted by atomic mass is 35.5. The van der Waals surface area contributed by atoms with Crippen molar-refractivity contribution in [1.82, 2.24) is 9.55 Å². The molecule has 3 aromatic rings. The summed E-state index contributed by atoms with van der Waals surface area (Å²) in [4.78, 5) is 5.22. The van der Waals surface area contributed by atoms with Gasteiger partial charge in [0.25, 0.3) is 0 Å². The van der Waals surface area contributed by atoms with Gasteiger partial charge in [-0.3, -0.25) is 0 Å². The van der Waals surface area contributed by atoms with Gasteiger partial charge in [0.1, 0.15) is 0 Å². The average molecular weight is 503 g/mol. The molecule has 1 saturated heterocycles. The van der Waals surface area contributed by atoms with Gasteiger partial charge in [-0.15, -0.1) is 36.6 Å². The highest BCUT2D eigenvalue weighted by Gasteiger charge is 2.41. The lowest BCUT2D eigenvalue weighted by molar-refractivity contribution is -0.180. The monoisotopic (exact) mass is 501 g/mol. The van der Waals surface area contributed by atoms with Crippen molar-refractivity contribution in [1.29, 1.82) is 0 Å². The summed E-state index contributed by atoms with van der Waals surface area (Å²) < 4.78 is 14.7. The number of nitrogen functional groups attached to an aromatic ring is 1. The number of halogens is 3. The number of nitrogens with zero attached hydrogens (tertiary/aromatic N) is 2. The van der Waals surface area contributed by atoms with Gasteiger partial charge in [-0.1, -0.05) is 35.9 Å². The second-order valence-electron chi connectivity index (χ2n) is 7.17. The summed E-state index contributed by atoms with van der Waals surface area (Å²) in [5.41, 5.74) is 8.06. The SMILES string of the molecule is Cl.Cl.Nc1ccccc1SC[C@@H]1CO[C@@](CCc2ccc(Cl)cc2)(Cn2ccnc2)O1. The number of aromatic nitrogens is 2. The zero-order valence-electron chi connectivity index (χ0n) is 16.9. The van der Waals surface area contributed by atoms with Crippen molar-refractivity contribution < 1.29 is 9.47 Å². The number of imidazole rings is 1. The maximum atomic E-state index is 6.47. The Morgan fingerprint density at radius 2 is 1.94 bits per heavy atom. The van der Waals surface area contributed by atoms with Crippen LogP contribution in [0.5, 0.6) is 0 Å². The number of rotatable bonds is 8. The van der Waals surface area contributed by atoms with E-state index in [1.165, 1.54) is 5.56 Å². The molecule has 2 atom stereocenters. The van der Waals surface area contributed by atoms with Gasteiger partial charge in [0.05, 0.1) is 25.6 Å². The molecule has 2 heterocycles. The maximum absolute atomic E-state index is 6.47. The molecule has 0 bridgehead atoms. The Balaban J connectivity index is 0.00000171. The van der Waals surface area contributed by atoms with Gasteiger partial charge in [0.15, 0.2) is 5.79 Å². The van der Waals surface area contributed by atoms with E-state index >= 15 is 0 Å². The van der Waals surface area contributed by atoms with E-state index in [0.29, 0.717) is 13.2 Å². The fourth-order valence-electron chi connectivity index (χ4n) is 3.43. The molecule has 0 unspecified atom stereocenters. The molecule has 168 valence electrons. The van der Waals surface area contributed by atoms with Crippen molar-refractivity contribution in [2.45, 2.75) is 36.2 Å². The molecule has 2 aromatic carbocycles. The third kappa shape index (κ3) is 7.04. The lowest BCUT2D eigenvalue weighted by Gasteiger charge is -2.28. The molecule has 5 nitrogen and oxygen atoms in total. The minimum Gasteiger partial charge on any atom is -0.398 e. The first kappa shape index (κ1) is 25.8. The van der Waals surface area contributed by atoms with Crippen LogP contribution in [0.15, 0.2) is 72.1 Å². The topological polar surface area (TPSA) is 62.3 Å². The smallest absolute Gasteiger partial charge is 0.187 e. The molecule has 1 aliphatic heterocycles. The molecule has 4 rings (SSSR count). The number of hydrogen-bond acceptors (Lipinski definition) is 5. The number of nitrogens with two attached hydrogens (primary N) is 1. The second kappa shape index (κ2) is 12.0. The fourth-order valence-corrected chi connectivity index (χ4v) is 4.50. The van der Waals surface area contributed by atoms with E-state index in [1.54, 1.807) is 24.3 Å². The molecule has 0 saturated carbocycles. The van der Waals surface area contributed by atoms with Gasteiger partial charge < -0.3 is 19.8 Å². The average Bonchev–Trinajstić information content (AvgIpc) is 3.38. The molecule has 0 amide bonds. The Morgan fingerprint density at radius 3 is 2.65 bits per heavy atom. The van der Waals surface area contributed by atoms with Crippen molar-refractivity contribution in [3.05, 3.63) is 77.8 Å². The van der Waals surface area contributed by atoms with E-state index in [-0.39, 0.29) is 30.9 Å². The lowest BCUT2D eigenvalue weighted by atomic mass is 10.0. The first-order valence-electron chi connectivity index (χ1n) is 9.61. The van der Waals surface area contributed by atoms with Crippen LogP contribution in [-0.2, 0) is 22.4 Å². The number of thioether (sulfide) groups is 1. The van der Waals surface area contributed by atoms with Gasteiger partial charge in [-0.05, 0) is 36.2 Å². The standard InChI is InChI=1S/C22H24ClN3O2S.2ClH/c23-18-7-5-17(6-8-18)9-10-22(15-26-12-11-25-16-26)27-13-19(28-22)14-29-21-4-2-1-3-20(21)24;;/h1-8,11-12,16,19H,9-10,13-15,24H2;2*1H/t19-,22+;;/m0../s1. The van der Waals surface area contributed by atoms with E-state index in [4.69, 9.17) is 26.8 Å². The van der Waals surface area contributed by atoms with Crippen molar-refractivity contribution in [3.63, 3.8) is 0 Å². The first-order chi connectivity index (χ1) is 14.1. The van der Waals surface area contributed by atoms with Crippen LogP contribution in [0.3, 0.4) is 0 Å². The predicted molar refractivity (Wildman–Crippen MR) is 132 cm³/mol. The third-order valence-electron chi connectivity index (χ3n) is 4.95. The van der Waals surface area contributed by atoms with Crippen molar-refractivity contribution in [2.24, 2.45) is 0 Å². The molecule has 0 radical (unpaired) electrons. The summed E-state index contributed by atoms with van der Waals surface area (Å²) in [7, 11) is 0. The van der Waals surface area contributed by atoms with Crippen molar-refractivity contribution in [2.75, 3.05) is 18.1 Å². The van der Waals surface area contributed by atoms with Gasteiger partial charge in [-0.2, -0.15) is 0 Å². The van der Waals surface area contributed by atoms with E-state index in [1.807, 2.05) is 59.3 Å². The van der Waals surface area contributed by atoms with E-state index < -0.39 is 5.79 Å². The molecule has 1 fully saturated rings. The van der Waals surface area contributed by atoms with Gasteiger partial charge in [0.2, 0.25) is 0 Å². The summed E-state index contributed by atoms with van der Waals surface area (Å²) in [6, 6.07) is 15.8. The Kier molecular flexibility index (Phi) is 10.0. The summed E-state index contributed by atoms with van der Waals surface area (Å²) in [6.07, 6.45) is 7.10. The van der Waals surface area contributed by atoms with Crippen LogP contribution < -0.4 is 5.73 Å². The van der Waals surface area contributed by atoms with Crippen LogP contribution in [-0.4, -0.2) is 33.8 Å². The lowest BCUT2D eigenvalue weighted by Crippen LogP contribution is -2.37. The Morgan fingerprint density at radius 1 is 1.16 bits per heavy atom. The Labute approximate surface area is 204 Å².